The van der Waals surface area contributed by atoms with Crippen molar-refractivity contribution in [3.05, 3.63) is 98.7 Å². The molecule has 292 valence electrons. The Hall–Kier alpha value is -4.28. The Morgan fingerprint density at radius 2 is 1.47 bits per heavy atom. The fraction of sp³-hybridized carbons (Fsp3) is 0.405. The van der Waals surface area contributed by atoms with E-state index >= 15 is 4.79 Å². The van der Waals surface area contributed by atoms with Crippen LogP contribution in [0, 0.1) is 0 Å². The van der Waals surface area contributed by atoms with E-state index in [1.807, 2.05) is 38.1 Å². The first-order valence-electron chi connectivity index (χ1n) is 17.6. The molecule has 3 amide bonds. The molecule has 3 heterocycles. The summed E-state index contributed by atoms with van der Waals surface area (Å²) < 4.78 is 37.9. The summed E-state index contributed by atoms with van der Waals surface area (Å²) in [7, 11) is -4.18. The zero-order chi connectivity index (χ0) is 39.9. The minimum absolute atomic E-state index is 0.0377. The molecule has 0 bridgehead atoms. The lowest BCUT2D eigenvalue weighted by molar-refractivity contribution is -0.133. The first-order chi connectivity index (χ1) is 25.9. The molecule has 0 aliphatic carbocycles. The van der Waals surface area contributed by atoms with E-state index in [0.717, 1.165) is 5.56 Å². The summed E-state index contributed by atoms with van der Waals surface area (Å²) in [6.45, 7) is 11.9. The van der Waals surface area contributed by atoms with Crippen LogP contribution in [0.2, 0.25) is 15.1 Å². The number of sulfonamides is 1. The van der Waals surface area contributed by atoms with Crippen LogP contribution < -0.4 is 9.46 Å². The molecule has 0 spiro atoms. The van der Waals surface area contributed by atoms with Gasteiger partial charge in [0.15, 0.2) is 0 Å². The van der Waals surface area contributed by atoms with Crippen molar-refractivity contribution in [1.82, 2.24) is 39.6 Å². The van der Waals surface area contributed by atoms with Crippen LogP contribution in [0.3, 0.4) is 0 Å². The minimum Gasteiger partial charge on any atom is -0.493 e. The molecule has 2 aliphatic heterocycles. The topological polar surface area (TPSA) is 155 Å². The molecule has 2 aliphatic rings. The van der Waals surface area contributed by atoms with Crippen LogP contribution in [0.5, 0.6) is 5.75 Å². The first-order valence-corrected chi connectivity index (χ1v) is 20.2. The number of aliphatic imine (C=N–C) groups is 1. The van der Waals surface area contributed by atoms with Crippen LogP contribution in [-0.4, -0.2) is 99.4 Å². The number of tetrazole rings is 1. The highest BCUT2D eigenvalue weighted by molar-refractivity contribution is 7.89. The standard InChI is InChI=1S/C37H42Cl3N9O5S/c1-7-54-30-21-29(40)31(55(52,53)43-35(2,3)4)20-28(30)33-42-36(5,24-8-12-26(38)13-9-24)37(6,25-10-14-27(39)15-11-25)49(33)34(51)47-18-16-46(17-19-47)32(50)22-48-23-41-44-45-48/h8-15,20-21,23,43H,7,16-19,22H2,1-6H3/t36-,37+/m0/s1. The summed E-state index contributed by atoms with van der Waals surface area (Å²) in [6, 6.07) is 16.8. The Morgan fingerprint density at radius 3 is 2.02 bits per heavy atom. The molecule has 18 heteroatoms. The van der Waals surface area contributed by atoms with Crippen LogP contribution >= 0.6 is 34.8 Å². The zero-order valence-corrected chi connectivity index (χ0v) is 34.3. The largest absolute Gasteiger partial charge is 0.493 e. The van der Waals surface area contributed by atoms with Gasteiger partial charge in [0.25, 0.3) is 0 Å². The number of amides is 3. The maximum Gasteiger partial charge on any atom is 0.326 e. The number of nitrogens with zero attached hydrogens (tertiary/aromatic N) is 8. The van der Waals surface area contributed by atoms with Crippen molar-refractivity contribution in [3.8, 4) is 5.75 Å². The molecule has 2 atom stereocenters. The van der Waals surface area contributed by atoms with Gasteiger partial charge in [-0.05, 0) is 93.4 Å². The van der Waals surface area contributed by atoms with Crippen molar-refractivity contribution >= 4 is 62.6 Å². The molecule has 0 unspecified atom stereocenters. The molecule has 1 fully saturated rings. The van der Waals surface area contributed by atoms with Crippen molar-refractivity contribution in [3.63, 3.8) is 0 Å². The van der Waals surface area contributed by atoms with Gasteiger partial charge in [0.1, 0.15) is 40.4 Å². The van der Waals surface area contributed by atoms with E-state index in [4.69, 9.17) is 44.5 Å². The molecular weight excluding hydrogens is 789 g/mol. The number of amidine groups is 1. The molecular formula is C37H42Cl3N9O5S. The summed E-state index contributed by atoms with van der Waals surface area (Å²) in [5.74, 6) is 0.198. The number of hydrogen-bond acceptors (Lipinski definition) is 9. The van der Waals surface area contributed by atoms with Crippen LogP contribution in [0.15, 0.2) is 76.9 Å². The number of halogens is 3. The van der Waals surface area contributed by atoms with Crippen molar-refractivity contribution in [2.45, 2.75) is 69.6 Å². The highest BCUT2D eigenvalue weighted by atomic mass is 35.5. The fourth-order valence-electron chi connectivity index (χ4n) is 7.00. The number of carbonyl (C=O) groups excluding carboxylic acids is 2. The van der Waals surface area contributed by atoms with E-state index in [9.17, 15) is 13.2 Å². The molecule has 6 rings (SSSR count). The van der Waals surface area contributed by atoms with Gasteiger partial charge in [-0.2, -0.15) is 0 Å². The van der Waals surface area contributed by atoms with E-state index in [-0.39, 0.29) is 72.3 Å². The van der Waals surface area contributed by atoms with Gasteiger partial charge in [0.2, 0.25) is 15.9 Å². The quantitative estimate of drug-likeness (QED) is 0.217. The Bertz CT molecular complexity index is 2210. The summed E-state index contributed by atoms with van der Waals surface area (Å²) in [5, 5.41) is 11.9. The number of hydrogen-bond donors (Lipinski definition) is 1. The summed E-state index contributed by atoms with van der Waals surface area (Å²) in [5.41, 5.74) is -1.63. The van der Waals surface area contributed by atoms with Crippen LogP contribution in [0.25, 0.3) is 0 Å². The number of aromatic nitrogens is 4. The average molecular weight is 831 g/mol. The van der Waals surface area contributed by atoms with E-state index in [1.54, 1.807) is 66.7 Å². The maximum atomic E-state index is 15.3. The van der Waals surface area contributed by atoms with Crippen LogP contribution in [0.4, 0.5) is 4.79 Å². The molecule has 55 heavy (non-hydrogen) atoms. The van der Waals surface area contributed by atoms with Gasteiger partial charge in [-0.15, -0.1) is 5.10 Å². The lowest BCUT2D eigenvalue weighted by atomic mass is 9.71. The van der Waals surface area contributed by atoms with E-state index in [1.165, 1.54) is 23.1 Å². The SMILES string of the molecule is CCOc1cc(Cl)c(S(=O)(=O)NC(C)(C)C)cc1C1=N[C@@](C)(c2ccc(Cl)cc2)[C@@](C)(c2ccc(Cl)cc2)N1C(=O)N1CCN(C(=O)Cn2cnnn2)CC1. The van der Waals surface area contributed by atoms with Crippen molar-refractivity contribution < 1.29 is 22.7 Å². The second kappa shape index (κ2) is 15.3. The predicted molar refractivity (Wildman–Crippen MR) is 210 cm³/mol. The second-order valence-corrected chi connectivity index (χ2v) is 17.6. The summed E-state index contributed by atoms with van der Waals surface area (Å²) >= 11 is 19.5. The number of piperazine rings is 1. The normalized spacial score (nSPS) is 20.5. The molecule has 4 aromatic rings. The van der Waals surface area contributed by atoms with Gasteiger partial charge in [-0.25, -0.2) is 22.6 Å². The van der Waals surface area contributed by atoms with Crippen molar-refractivity contribution in [2.75, 3.05) is 32.8 Å². The van der Waals surface area contributed by atoms with Crippen molar-refractivity contribution in [1.29, 1.82) is 0 Å². The Morgan fingerprint density at radius 1 is 0.891 bits per heavy atom. The fourth-order valence-corrected chi connectivity index (χ4v) is 9.21. The maximum absolute atomic E-state index is 15.3. The summed E-state index contributed by atoms with van der Waals surface area (Å²) in [6.07, 6.45) is 1.37. The lowest BCUT2D eigenvalue weighted by Gasteiger charge is -2.47. The third kappa shape index (κ3) is 7.90. The molecule has 0 saturated carbocycles. The minimum atomic E-state index is -4.18. The number of urea groups is 1. The van der Waals surface area contributed by atoms with Gasteiger partial charge in [0.05, 0.1) is 17.2 Å². The molecule has 1 aromatic heterocycles. The van der Waals surface area contributed by atoms with Gasteiger partial charge < -0.3 is 14.5 Å². The molecule has 14 nitrogen and oxygen atoms in total. The second-order valence-electron chi connectivity index (χ2n) is 14.7. The van der Waals surface area contributed by atoms with E-state index < -0.39 is 32.7 Å². The highest BCUT2D eigenvalue weighted by Gasteiger charge is 2.60. The summed E-state index contributed by atoms with van der Waals surface area (Å²) in [4.78, 5) is 38.6. The first kappa shape index (κ1) is 40.4. The predicted octanol–water partition coefficient (Wildman–Crippen LogP) is 5.97. The third-order valence-electron chi connectivity index (χ3n) is 9.84. The average Bonchev–Trinajstić information content (AvgIpc) is 3.72. The number of carbonyl (C=O) groups is 2. The van der Waals surface area contributed by atoms with Crippen LogP contribution in [-0.2, 0) is 32.4 Å². The Balaban J connectivity index is 1.53. The lowest BCUT2D eigenvalue weighted by Crippen LogP contribution is -2.61. The zero-order valence-electron chi connectivity index (χ0n) is 31.3. The monoisotopic (exact) mass is 829 g/mol. The van der Waals surface area contributed by atoms with Gasteiger partial charge >= 0.3 is 6.03 Å². The van der Waals surface area contributed by atoms with E-state index in [0.29, 0.717) is 15.6 Å². The third-order valence-corrected chi connectivity index (χ3v) is 12.6. The van der Waals surface area contributed by atoms with Gasteiger partial charge in [-0.1, -0.05) is 59.1 Å². The Kier molecular flexibility index (Phi) is 11.3. The Labute approximate surface area is 335 Å². The van der Waals surface area contributed by atoms with Crippen molar-refractivity contribution in [2.24, 2.45) is 4.99 Å². The molecule has 3 aromatic carbocycles. The van der Waals surface area contributed by atoms with E-state index in [2.05, 4.69) is 20.2 Å². The van der Waals surface area contributed by atoms with Gasteiger partial charge in [0, 0.05) is 47.8 Å². The van der Waals surface area contributed by atoms with Gasteiger partial charge in [-0.3, -0.25) is 14.7 Å². The number of ether oxygens (including phenoxy) is 1. The highest BCUT2D eigenvalue weighted by Crippen LogP contribution is 2.54. The molecule has 1 saturated heterocycles. The molecule has 0 radical (unpaired) electrons. The van der Waals surface area contributed by atoms with Crippen LogP contribution in [0.1, 0.15) is 58.2 Å². The number of rotatable bonds is 9. The smallest absolute Gasteiger partial charge is 0.326 e. The molecule has 1 N–H and O–H groups in total. The number of benzene rings is 3. The number of nitrogens with one attached hydrogen (secondary N) is 1.